The van der Waals surface area contributed by atoms with Gasteiger partial charge in [-0.25, -0.2) is 0 Å². The monoisotopic (exact) mass is 229 g/mol. The SMILES string of the molecule is CN(CC(N)=O)C(=O)C1(C(N)=S)CCC1. The van der Waals surface area contributed by atoms with E-state index in [0.717, 1.165) is 6.42 Å². The number of carbonyl (C=O) groups is 2. The van der Waals surface area contributed by atoms with Crippen LogP contribution in [-0.4, -0.2) is 35.3 Å². The molecule has 0 aliphatic heterocycles. The molecule has 0 spiro atoms. The van der Waals surface area contributed by atoms with Crippen LogP contribution < -0.4 is 11.5 Å². The van der Waals surface area contributed by atoms with E-state index in [-0.39, 0.29) is 17.4 Å². The Labute approximate surface area is 93.8 Å². The van der Waals surface area contributed by atoms with E-state index < -0.39 is 11.3 Å². The molecule has 15 heavy (non-hydrogen) atoms. The first-order valence-corrected chi connectivity index (χ1v) is 5.15. The number of nitrogens with zero attached hydrogens (tertiary/aromatic N) is 1. The highest BCUT2D eigenvalue weighted by atomic mass is 32.1. The van der Waals surface area contributed by atoms with Gasteiger partial charge in [0.25, 0.3) is 0 Å². The van der Waals surface area contributed by atoms with E-state index in [1.165, 1.54) is 11.9 Å². The smallest absolute Gasteiger partial charge is 0.237 e. The second-order valence-electron chi connectivity index (χ2n) is 3.93. The molecule has 0 bridgehead atoms. The van der Waals surface area contributed by atoms with Gasteiger partial charge >= 0.3 is 0 Å². The lowest BCUT2D eigenvalue weighted by atomic mass is 9.67. The van der Waals surface area contributed by atoms with Gasteiger partial charge in [0.1, 0.15) is 0 Å². The lowest BCUT2D eigenvalue weighted by Crippen LogP contribution is -2.54. The van der Waals surface area contributed by atoms with Crippen LogP contribution >= 0.6 is 12.2 Å². The average molecular weight is 229 g/mol. The normalized spacial score (nSPS) is 17.7. The molecule has 0 aromatic heterocycles. The molecule has 2 amide bonds. The first kappa shape index (κ1) is 11.9. The highest BCUT2D eigenvalue weighted by Crippen LogP contribution is 2.42. The number of likely N-dealkylation sites (N-methyl/N-ethyl adjacent to an activating group) is 1. The van der Waals surface area contributed by atoms with Crippen molar-refractivity contribution in [3.63, 3.8) is 0 Å². The molecular formula is C9H15N3O2S. The van der Waals surface area contributed by atoms with Crippen LogP contribution in [0.3, 0.4) is 0 Å². The summed E-state index contributed by atoms with van der Waals surface area (Å²) in [5, 5.41) is 0. The standard InChI is InChI=1S/C9H15N3O2S/c1-12(5-6(10)13)8(14)9(7(11)15)3-2-4-9/h2-5H2,1H3,(H2,10,13)(H2,11,15). The van der Waals surface area contributed by atoms with E-state index in [0.29, 0.717) is 12.8 Å². The molecule has 5 nitrogen and oxygen atoms in total. The van der Waals surface area contributed by atoms with Crippen molar-refractivity contribution < 1.29 is 9.59 Å². The molecule has 4 N–H and O–H groups in total. The Morgan fingerprint density at radius 1 is 1.40 bits per heavy atom. The quantitative estimate of drug-likeness (QED) is 0.629. The van der Waals surface area contributed by atoms with Crippen LogP contribution in [0, 0.1) is 5.41 Å². The van der Waals surface area contributed by atoms with Gasteiger partial charge in [-0.15, -0.1) is 0 Å². The number of nitrogens with two attached hydrogens (primary N) is 2. The van der Waals surface area contributed by atoms with Gasteiger partial charge in [-0.3, -0.25) is 9.59 Å². The van der Waals surface area contributed by atoms with E-state index in [1.807, 2.05) is 0 Å². The predicted molar refractivity (Wildman–Crippen MR) is 59.9 cm³/mol. The highest BCUT2D eigenvalue weighted by molar-refractivity contribution is 7.80. The largest absolute Gasteiger partial charge is 0.392 e. The molecule has 0 saturated heterocycles. The lowest BCUT2D eigenvalue weighted by Gasteiger charge is -2.41. The summed E-state index contributed by atoms with van der Waals surface area (Å²) in [5.41, 5.74) is 9.86. The summed E-state index contributed by atoms with van der Waals surface area (Å²) in [5.74, 6) is -0.733. The first-order chi connectivity index (χ1) is 6.90. The number of thiocarbonyl (C=S) groups is 1. The fourth-order valence-electron chi connectivity index (χ4n) is 1.77. The fraction of sp³-hybridized carbons (Fsp3) is 0.667. The molecule has 1 fully saturated rings. The topological polar surface area (TPSA) is 89.4 Å². The first-order valence-electron chi connectivity index (χ1n) is 4.74. The third-order valence-corrected chi connectivity index (χ3v) is 3.22. The second kappa shape index (κ2) is 4.14. The van der Waals surface area contributed by atoms with Gasteiger partial charge in [0.15, 0.2) is 0 Å². The van der Waals surface area contributed by atoms with Crippen LogP contribution in [0.4, 0.5) is 0 Å². The maximum atomic E-state index is 12.0. The lowest BCUT2D eigenvalue weighted by molar-refractivity contribution is -0.142. The van der Waals surface area contributed by atoms with Gasteiger partial charge in [-0.05, 0) is 12.8 Å². The molecule has 1 rings (SSSR count). The Balaban J connectivity index is 2.74. The third kappa shape index (κ3) is 2.09. The molecule has 0 radical (unpaired) electrons. The van der Waals surface area contributed by atoms with Crippen molar-refractivity contribution in [1.29, 1.82) is 0 Å². The maximum absolute atomic E-state index is 12.0. The van der Waals surface area contributed by atoms with Crippen molar-refractivity contribution >= 4 is 29.0 Å². The second-order valence-corrected chi connectivity index (χ2v) is 4.37. The third-order valence-electron chi connectivity index (χ3n) is 2.83. The van der Waals surface area contributed by atoms with E-state index in [4.69, 9.17) is 23.7 Å². The zero-order valence-corrected chi connectivity index (χ0v) is 9.47. The molecule has 0 atom stereocenters. The molecule has 0 unspecified atom stereocenters. The van der Waals surface area contributed by atoms with Crippen molar-refractivity contribution in [3.8, 4) is 0 Å². The summed E-state index contributed by atoms with van der Waals surface area (Å²) in [7, 11) is 1.53. The Hall–Kier alpha value is -1.17. The van der Waals surface area contributed by atoms with E-state index >= 15 is 0 Å². The molecule has 1 aliphatic carbocycles. The number of hydrogen-bond acceptors (Lipinski definition) is 3. The number of amides is 2. The van der Waals surface area contributed by atoms with Gasteiger partial charge in [-0.1, -0.05) is 18.6 Å². The number of carbonyl (C=O) groups excluding carboxylic acids is 2. The Morgan fingerprint density at radius 3 is 2.20 bits per heavy atom. The molecule has 0 aromatic rings. The van der Waals surface area contributed by atoms with Crippen molar-refractivity contribution in [2.45, 2.75) is 19.3 Å². The van der Waals surface area contributed by atoms with E-state index in [2.05, 4.69) is 0 Å². The summed E-state index contributed by atoms with van der Waals surface area (Å²) in [6, 6.07) is 0. The fourth-order valence-corrected chi connectivity index (χ4v) is 2.06. The van der Waals surface area contributed by atoms with Crippen LogP contribution in [0.15, 0.2) is 0 Å². The Morgan fingerprint density at radius 2 is 1.93 bits per heavy atom. The van der Waals surface area contributed by atoms with Gasteiger partial charge < -0.3 is 16.4 Å². The molecule has 84 valence electrons. The average Bonchev–Trinajstić information content (AvgIpc) is 1.99. The van der Waals surface area contributed by atoms with Crippen LogP contribution in [0.25, 0.3) is 0 Å². The summed E-state index contributed by atoms with van der Waals surface area (Å²) in [6.45, 7) is -0.0941. The summed E-state index contributed by atoms with van der Waals surface area (Å²) in [6.07, 6.45) is 2.28. The van der Waals surface area contributed by atoms with Crippen LogP contribution in [0.2, 0.25) is 0 Å². The van der Waals surface area contributed by atoms with E-state index in [9.17, 15) is 9.59 Å². The highest BCUT2D eigenvalue weighted by Gasteiger charge is 2.48. The minimum absolute atomic E-state index is 0.0941. The van der Waals surface area contributed by atoms with Crippen molar-refractivity contribution in [2.75, 3.05) is 13.6 Å². The van der Waals surface area contributed by atoms with Gasteiger partial charge in [-0.2, -0.15) is 0 Å². The van der Waals surface area contributed by atoms with Crippen molar-refractivity contribution in [2.24, 2.45) is 16.9 Å². The van der Waals surface area contributed by atoms with Crippen molar-refractivity contribution in [1.82, 2.24) is 4.90 Å². The molecule has 0 heterocycles. The van der Waals surface area contributed by atoms with Crippen molar-refractivity contribution in [3.05, 3.63) is 0 Å². The summed E-state index contributed by atoms with van der Waals surface area (Å²) < 4.78 is 0. The predicted octanol–water partition coefficient (Wildman–Crippen LogP) is -0.613. The molecule has 1 saturated carbocycles. The van der Waals surface area contributed by atoms with Gasteiger partial charge in [0, 0.05) is 7.05 Å². The van der Waals surface area contributed by atoms with Crippen LogP contribution in [-0.2, 0) is 9.59 Å². The zero-order chi connectivity index (χ0) is 11.6. The molecule has 6 heteroatoms. The minimum Gasteiger partial charge on any atom is -0.392 e. The number of primary amides is 1. The zero-order valence-electron chi connectivity index (χ0n) is 8.66. The Kier molecular flexibility index (Phi) is 3.28. The Bertz CT molecular complexity index is 312. The number of rotatable bonds is 4. The summed E-state index contributed by atoms with van der Waals surface area (Å²) in [4.78, 5) is 24.2. The molecule has 1 aliphatic rings. The summed E-state index contributed by atoms with van der Waals surface area (Å²) >= 11 is 4.90. The molecular weight excluding hydrogens is 214 g/mol. The maximum Gasteiger partial charge on any atom is 0.237 e. The van der Waals surface area contributed by atoms with Crippen LogP contribution in [0.5, 0.6) is 0 Å². The minimum atomic E-state index is -0.723. The van der Waals surface area contributed by atoms with E-state index in [1.54, 1.807) is 0 Å². The van der Waals surface area contributed by atoms with Gasteiger partial charge in [0.2, 0.25) is 11.8 Å². The molecule has 0 aromatic carbocycles. The van der Waals surface area contributed by atoms with Gasteiger partial charge in [0.05, 0.1) is 16.9 Å². The van der Waals surface area contributed by atoms with Crippen LogP contribution in [0.1, 0.15) is 19.3 Å². The number of hydrogen-bond donors (Lipinski definition) is 2.